The lowest BCUT2D eigenvalue weighted by molar-refractivity contribution is -0.0819. The Kier molecular flexibility index (Phi) is 3.21. The third-order valence-electron chi connectivity index (χ3n) is 2.02. The number of rotatable bonds is 3. The number of hydrogen-bond donors (Lipinski definition) is 0. The van der Waals surface area contributed by atoms with Gasteiger partial charge in [0.1, 0.15) is 11.7 Å². The number of ether oxygens (including phenoxy) is 3. The van der Waals surface area contributed by atoms with Gasteiger partial charge in [0.2, 0.25) is 5.88 Å². The van der Waals surface area contributed by atoms with E-state index in [2.05, 4.69) is 14.9 Å². The lowest BCUT2D eigenvalue weighted by Gasteiger charge is -2.26. The smallest absolute Gasteiger partial charge is 0.343 e. The van der Waals surface area contributed by atoms with Crippen molar-refractivity contribution in [2.24, 2.45) is 0 Å². The molecule has 0 radical (unpaired) electrons. The molecule has 0 N–H and O–H groups in total. The van der Waals surface area contributed by atoms with Gasteiger partial charge in [-0.3, -0.25) is 0 Å². The third kappa shape index (κ3) is 2.23. The van der Waals surface area contributed by atoms with E-state index >= 15 is 0 Å². The van der Waals surface area contributed by atoms with Crippen LogP contribution in [0.4, 0.5) is 0 Å². The number of aromatic nitrogens is 2. The van der Waals surface area contributed by atoms with Gasteiger partial charge in [0.05, 0.1) is 20.3 Å². The van der Waals surface area contributed by atoms with Gasteiger partial charge in [-0.05, 0) is 6.07 Å². The lowest BCUT2D eigenvalue weighted by Crippen LogP contribution is -2.39. The van der Waals surface area contributed by atoms with Crippen LogP contribution >= 0.6 is 11.6 Å². The van der Waals surface area contributed by atoms with Gasteiger partial charge in [-0.25, -0.2) is 4.79 Å². The van der Waals surface area contributed by atoms with E-state index in [1.807, 2.05) is 0 Å². The van der Waals surface area contributed by atoms with Gasteiger partial charge in [0.15, 0.2) is 5.15 Å². The van der Waals surface area contributed by atoms with Crippen molar-refractivity contribution >= 4 is 17.6 Å². The van der Waals surface area contributed by atoms with Crippen LogP contribution in [0.15, 0.2) is 6.07 Å². The van der Waals surface area contributed by atoms with Crippen LogP contribution in [0.25, 0.3) is 0 Å². The molecule has 0 spiro atoms. The van der Waals surface area contributed by atoms with Crippen molar-refractivity contribution in [3.05, 3.63) is 16.8 Å². The third-order valence-corrected chi connectivity index (χ3v) is 2.21. The van der Waals surface area contributed by atoms with Crippen molar-refractivity contribution in [3.63, 3.8) is 0 Å². The Bertz CT molecular complexity index is 408. The van der Waals surface area contributed by atoms with Crippen molar-refractivity contribution in [1.82, 2.24) is 10.2 Å². The van der Waals surface area contributed by atoms with E-state index in [9.17, 15) is 4.79 Å². The Morgan fingerprint density at radius 3 is 2.88 bits per heavy atom. The summed E-state index contributed by atoms with van der Waals surface area (Å²) in [5.41, 5.74) is 0.161. The number of carbonyl (C=O) groups excluding carboxylic acids is 1. The highest BCUT2D eigenvalue weighted by molar-refractivity contribution is 6.29. The Morgan fingerprint density at radius 2 is 2.31 bits per heavy atom. The fraction of sp³-hybridized carbons (Fsp3) is 0.444. The first kappa shape index (κ1) is 11.1. The summed E-state index contributed by atoms with van der Waals surface area (Å²) in [5, 5.41) is 7.43. The van der Waals surface area contributed by atoms with Gasteiger partial charge in [0.25, 0.3) is 0 Å². The minimum absolute atomic E-state index is 0.0983. The van der Waals surface area contributed by atoms with Crippen LogP contribution < -0.4 is 4.74 Å². The predicted molar refractivity (Wildman–Crippen MR) is 53.6 cm³/mol. The standard InChI is InChI=1S/C9H9ClN2O4/c1-14-9(13)6-2-7(10)11-12-8(6)16-5-3-15-4-5/h2,5H,3-4H2,1H3. The quantitative estimate of drug-likeness (QED) is 0.729. The second-order valence-electron chi connectivity index (χ2n) is 3.15. The van der Waals surface area contributed by atoms with Crippen LogP contribution in [0.2, 0.25) is 5.15 Å². The molecule has 1 saturated heterocycles. The molecule has 0 aliphatic carbocycles. The first-order chi connectivity index (χ1) is 7.70. The molecule has 16 heavy (non-hydrogen) atoms. The normalized spacial score (nSPS) is 15.4. The molecule has 2 rings (SSSR count). The van der Waals surface area contributed by atoms with Gasteiger partial charge in [0, 0.05) is 0 Å². The second-order valence-corrected chi connectivity index (χ2v) is 3.54. The summed E-state index contributed by atoms with van der Waals surface area (Å²) < 4.78 is 14.9. The minimum atomic E-state index is -0.563. The molecular formula is C9H9ClN2O4. The largest absolute Gasteiger partial charge is 0.468 e. The lowest BCUT2D eigenvalue weighted by atomic mass is 10.3. The monoisotopic (exact) mass is 244 g/mol. The molecule has 0 unspecified atom stereocenters. The van der Waals surface area contributed by atoms with Gasteiger partial charge in [-0.2, -0.15) is 0 Å². The van der Waals surface area contributed by atoms with E-state index in [0.717, 1.165) is 0 Å². The van der Waals surface area contributed by atoms with Crippen LogP contribution in [0.5, 0.6) is 5.88 Å². The number of esters is 1. The van der Waals surface area contributed by atoms with Gasteiger partial charge >= 0.3 is 5.97 Å². The summed E-state index contributed by atoms with van der Waals surface area (Å²) in [5.74, 6) is -0.448. The maximum Gasteiger partial charge on any atom is 0.343 e. The Balaban J connectivity index is 2.23. The van der Waals surface area contributed by atoms with Crippen molar-refractivity contribution in [2.45, 2.75) is 6.10 Å². The van der Waals surface area contributed by atoms with E-state index in [-0.39, 0.29) is 22.7 Å². The fourth-order valence-electron chi connectivity index (χ4n) is 1.14. The Labute approximate surface area is 96.5 Å². The molecule has 1 aliphatic rings. The van der Waals surface area contributed by atoms with E-state index in [0.29, 0.717) is 13.2 Å². The van der Waals surface area contributed by atoms with E-state index in [4.69, 9.17) is 21.1 Å². The van der Waals surface area contributed by atoms with Crippen molar-refractivity contribution in [2.75, 3.05) is 20.3 Å². The molecule has 1 aromatic heterocycles. The molecule has 0 atom stereocenters. The molecule has 0 saturated carbocycles. The van der Waals surface area contributed by atoms with Crippen LogP contribution in [-0.4, -0.2) is 42.6 Å². The number of nitrogens with zero attached hydrogens (tertiary/aromatic N) is 2. The zero-order valence-corrected chi connectivity index (χ0v) is 9.23. The predicted octanol–water partition coefficient (Wildman–Crippen LogP) is 0.694. The summed E-state index contributed by atoms with van der Waals surface area (Å²) in [6.07, 6.45) is -0.0983. The average Bonchev–Trinajstić information content (AvgIpc) is 2.23. The molecule has 2 heterocycles. The highest BCUT2D eigenvalue weighted by atomic mass is 35.5. The molecule has 6 nitrogen and oxygen atoms in total. The number of hydrogen-bond acceptors (Lipinski definition) is 6. The molecular weight excluding hydrogens is 236 g/mol. The summed E-state index contributed by atoms with van der Waals surface area (Å²) in [6.45, 7) is 0.954. The molecule has 0 amide bonds. The number of halogens is 1. The molecule has 86 valence electrons. The molecule has 1 aliphatic heterocycles. The highest BCUT2D eigenvalue weighted by Gasteiger charge is 2.24. The zero-order chi connectivity index (χ0) is 11.5. The number of carbonyl (C=O) groups is 1. The fourth-order valence-corrected chi connectivity index (χ4v) is 1.29. The molecule has 1 aromatic rings. The summed E-state index contributed by atoms with van der Waals surface area (Å²) >= 11 is 5.64. The Hall–Kier alpha value is -1.40. The topological polar surface area (TPSA) is 70.5 Å². The molecule has 0 aromatic carbocycles. The summed E-state index contributed by atoms with van der Waals surface area (Å²) in [6, 6.07) is 1.36. The summed E-state index contributed by atoms with van der Waals surface area (Å²) in [4.78, 5) is 11.4. The Morgan fingerprint density at radius 1 is 1.56 bits per heavy atom. The molecule has 1 fully saturated rings. The highest BCUT2D eigenvalue weighted by Crippen LogP contribution is 2.21. The zero-order valence-electron chi connectivity index (χ0n) is 8.47. The maximum absolute atomic E-state index is 11.4. The second kappa shape index (κ2) is 4.63. The van der Waals surface area contributed by atoms with E-state index < -0.39 is 5.97 Å². The maximum atomic E-state index is 11.4. The first-order valence-corrected chi connectivity index (χ1v) is 4.94. The summed E-state index contributed by atoms with van der Waals surface area (Å²) in [7, 11) is 1.27. The van der Waals surface area contributed by atoms with Crippen molar-refractivity contribution in [3.8, 4) is 5.88 Å². The van der Waals surface area contributed by atoms with Gasteiger partial charge in [-0.15, -0.1) is 10.2 Å². The van der Waals surface area contributed by atoms with E-state index in [1.54, 1.807) is 0 Å². The van der Waals surface area contributed by atoms with Crippen LogP contribution in [0.1, 0.15) is 10.4 Å². The molecule has 0 bridgehead atoms. The SMILES string of the molecule is COC(=O)c1cc(Cl)nnc1OC1COC1. The molecule has 7 heteroatoms. The van der Waals surface area contributed by atoms with E-state index in [1.165, 1.54) is 13.2 Å². The minimum Gasteiger partial charge on any atom is -0.468 e. The van der Waals surface area contributed by atoms with Gasteiger partial charge in [-0.1, -0.05) is 11.6 Å². The number of methoxy groups -OCH3 is 1. The van der Waals surface area contributed by atoms with Gasteiger partial charge < -0.3 is 14.2 Å². The van der Waals surface area contributed by atoms with Crippen molar-refractivity contribution < 1.29 is 19.0 Å². The first-order valence-electron chi connectivity index (χ1n) is 4.56. The van der Waals surface area contributed by atoms with Crippen LogP contribution in [-0.2, 0) is 9.47 Å². The average molecular weight is 245 g/mol. The van der Waals surface area contributed by atoms with Crippen molar-refractivity contribution in [1.29, 1.82) is 0 Å². The van der Waals surface area contributed by atoms with Crippen LogP contribution in [0, 0.1) is 0 Å². The van der Waals surface area contributed by atoms with Crippen LogP contribution in [0.3, 0.4) is 0 Å².